The molecule has 0 bridgehead atoms. The van der Waals surface area contributed by atoms with Gasteiger partial charge in [-0.2, -0.15) is 13.2 Å². The van der Waals surface area contributed by atoms with Crippen molar-refractivity contribution in [3.63, 3.8) is 0 Å². The third-order valence-corrected chi connectivity index (χ3v) is 4.93. The number of aromatic nitrogens is 3. The molecule has 2 atom stereocenters. The molecule has 1 aliphatic rings. The number of alkyl halides is 3. The fraction of sp³-hybridized carbons (Fsp3) is 0.533. The maximum Gasteiger partial charge on any atom is 0.417 e. The Morgan fingerprint density at radius 1 is 1.48 bits per heavy atom. The number of ether oxygens (including phenoxy) is 1. The summed E-state index contributed by atoms with van der Waals surface area (Å²) in [4.78, 5) is 12.2. The molecule has 0 radical (unpaired) electrons. The standard InChI is InChI=1S/C15H17F3N4O2S/c1-9(13(23)19-7-11-3-2-6-24-11)25-14-21-20-12-5-4-10(8-22(12)14)15(16,17)18/h4-5,8-9,11H,2-3,6-7H2,1H3,(H,19,23). The zero-order chi connectivity index (χ0) is 18.0. The fourth-order valence-corrected chi connectivity index (χ4v) is 3.35. The summed E-state index contributed by atoms with van der Waals surface area (Å²) in [6, 6.07) is 2.21. The molecule has 3 heterocycles. The number of amides is 1. The van der Waals surface area contributed by atoms with Crippen molar-refractivity contribution in [2.75, 3.05) is 13.2 Å². The Kier molecular flexibility index (Phi) is 5.19. The first-order valence-electron chi connectivity index (χ1n) is 7.82. The largest absolute Gasteiger partial charge is 0.417 e. The van der Waals surface area contributed by atoms with Crippen molar-refractivity contribution in [2.45, 2.75) is 42.5 Å². The normalized spacial score (nSPS) is 19.3. The minimum atomic E-state index is -4.45. The van der Waals surface area contributed by atoms with E-state index >= 15 is 0 Å². The minimum Gasteiger partial charge on any atom is -0.376 e. The van der Waals surface area contributed by atoms with Gasteiger partial charge in [-0.05, 0) is 31.9 Å². The number of halogens is 3. The second kappa shape index (κ2) is 7.20. The number of thioether (sulfide) groups is 1. The van der Waals surface area contributed by atoms with E-state index in [1.54, 1.807) is 6.92 Å². The molecule has 1 amide bonds. The smallest absolute Gasteiger partial charge is 0.376 e. The minimum absolute atomic E-state index is 0.0319. The molecule has 25 heavy (non-hydrogen) atoms. The molecule has 1 N–H and O–H groups in total. The predicted molar refractivity (Wildman–Crippen MR) is 85.3 cm³/mol. The zero-order valence-electron chi connectivity index (χ0n) is 13.4. The number of hydrogen-bond donors (Lipinski definition) is 1. The molecule has 0 spiro atoms. The summed E-state index contributed by atoms with van der Waals surface area (Å²) in [5.41, 5.74) is -0.500. The van der Waals surface area contributed by atoms with Gasteiger partial charge in [-0.25, -0.2) is 0 Å². The van der Waals surface area contributed by atoms with E-state index in [1.165, 1.54) is 10.5 Å². The molecule has 0 saturated carbocycles. The summed E-state index contributed by atoms with van der Waals surface area (Å²) < 4.78 is 45.3. The van der Waals surface area contributed by atoms with E-state index in [0.717, 1.165) is 36.9 Å². The van der Waals surface area contributed by atoms with Gasteiger partial charge >= 0.3 is 6.18 Å². The number of nitrogens with one attached hydrogen (secondary N) is 1. The van der Waals surface area contributed by atoms with Gasteiger partial charge in [-0.15, -0.1) is 10.2 Å². The van der Waals surface area contributed by atoms with Crippen molar-refractivity contribution in [3.8, 4) is 0 Å². The summed E-state index contributed by atoms with van der Waals surface area (Å²) in [5.74, 6) is -0.218. The quantitative estimate of drug-likeness (QED) is 0.815. The Bertz CT molecular complexity index is 759. The highest BCUT2D eigenvalue weighted by atomic mass is 32.2. The Labute approximate surface area is 146 Å². The molecule has 0 aromatic carbocycles. The summed E-state index contributed by atoms with van der Waals surface area (Å²) in [6.45, 7) is 2.81. The van der Waals surface area contributed by atoms with Crippen LogP contribution in [0.3, 0.4) is 0 Å². The van der Waals surface area contributed by atoms with Crippen molar-refractivity contribution >= 4 is 23.3 Å². The molecule has 6 nitrogen and oxygen atoms in total. The first kappa shape index (κ1) is 18.0. The Balaban J connectivity index is 1.67. The molecule has 136 valence electrons. The molecule has 1 aliphatic heterocycles. The number of hydrogen-bond acceptors (Lipinski definition) is 5. The third-order valence-electron chi connectivity index (χ3n) is 3.88. The van der Waals surface area contributed by atoms with Crippen LogP contribution >= 0.6 is 11.8 Å². The van der Waals surface area contributed by atoms with Crippen LogP contribution < -0.4 is 5.32 Å². The van der Waals surface area contributed by atoms with Crippen LogP contribution in [0.25, 0.3) is 5.65 Å². The maximum absolute atomic E-state index is 12.9. The highest BCUT2D eigenvalue weighted by Gasteiger charge is 2.31. The van der Waals surface area contributed by atoms with E-state index in [2.05, 4.69) is 15.5 Å². The van der Waals surface area contributed by atoms with Crippen molar-refractivity contribution in [1.29, 1.82) is 0 Å². The highest BCUT2D eigenvalue weighted by Crippen LogP contribution is 2.30. The van der Waals surface area contributed by atoms with Crippen molar-refractivity contribution in [2.24, 2.45) is 0 Å². The van der Waals surface area contributed by atoms with Crippen LogP contribution in [-0.4, -0.2) is 45.0 Å². The lowest BCUT2D eigenvalue weighted by molar-refractivity contribution is -0.137. The Morgan fingerprint density at radius 3 is 2.96 bits per heavy atom. The summed E-state index contributed by atoms with van der Waals surface area (Å²) in [7, 11) is 0. The van der Waals surface area contributed by atoms with Gasteiger partial charge in [0, 0.05) is 19.3 Å². The molecule has 1 saturated heterocycles. The highest BCUT2D eigenvalue weighted by molar-refractivity contribution is 8.00. The molecular weight excluding hydrogens is 357 g/mol. The molecule has 2 aromatic heterocycles. The van der Waals surface area contributed by atoms with Gasteiger partial charge in [-0.1, -0.05) is 11.8 Å². The molecule has 3 rings (SSSR count). The van der Waals surface area contributed by atoms with Crippen LogP contribution in [-0.2, 0) is 15.7 Å². The second-order valence-electron chi connectivity index (χ2n) is 5.77. The van der Waals surface area contributed by atoms with Crippen LogP contribution in [0.15, 0.2) is 23.5 Å². The first-order valence-corrected chi connectivity index (χ1v) is 8.70. The molecule has 2 aromatic rings. The lowest BCUT2D eigenvalue weighted by atomic mass is 10.2. The van der Waals surface area contributed by atoms with Gasteiger partial charge in [-0.3, -0.25) is 9.20 Å². The van der Waals surface area contributed by atoms with Gasteiger partial charge in [0.05, 0.1) is 16.9 Å². The SMILES string of the molecule is CC(Sc1nnc2ccc(C(F)(F)F)cn12)C(=O)NCC1CCCO1. The van der Waals surface area contributed by atoms with E-state index < -0.39 is 17.0 Å². The van der Waals surface area contributed by atoms with Crippen LogP contribution in [0.4, 0.5) is 13.2 Å². The average molecular weight is 374 g/mol. The van der Waals surface area contributed by atoms with Crippen LogP contribution in [0, 0.1) is 0 Å². The zero-order valence-corrected chi connectivity index (χ0v) is 14.2. The van der Waals surface area contributed by atoms with Gasteiger partial charge in [0.25, 0.3) is 0 Å². The second-order valence-corrected chi connectivity index (χ2v) is 7.07. The molecule has 0 aliphatic carbocycles. The number of rotatable bonds is 5. The van der Waals surface area contributed by atoms with Gasteiger partial charge < -0.3 is 10.1 Å². The van der Waals surface area contributed by atoms with E-state index in [4.69, 9.17) is 4.74 Å². The topological polar surface area (TPSA) is 68.5 Å². The molecular formula is C15H17F3N4O2S. The third kappa shape index (κ3) is 4.24. The van der Waals surface area contributed by atoms with E-state index in [-0.39, 0.29) is 17.2 Å². The number of fused-ring (bicyclic) bond motifs is 1. The summed E-state index contributed by atoms with van der Waals surface area (Å²) in [6.07, 6.45) is -1.58. The van der Waals surface area contributed by atoms with Gasteiger partial charge in [0.15, 0.2) is 10.8 Å². The summed E-state index contributed by atoms with van der Waals surface area (Å²) >= 11 is 1.06. The molecule has 10 heteroatoms. The number of carbonyl (C=O) groups is 1. The first-order chi connectivity index (χ1) is 11.8. The van der Waals surface area contributed by atoms with Crippen LogP contribution in [0.5, 0.6) is 0 Å². The van der Waals surface area contributed by atoms with E-state index in [1.807, 2.05) is 0 Å². The predicted octanol–water partition coefficient (Wildman–Crippen LogP) is 2.52. The van der Waals surface area contributed by atoms with Crippen molar-refractivity contribution in [3.05, 3.63) is 23.9 Å². The lowest BCUT2D eigenvalue weighted by Crippen LogP contribution is -2.36. The van der Waals surface area contributed by atoms with Crippen LogP contribution in [0.1, 0.15) is 25.3 Å². The van der Waals surface area contributed by atoms with Gasteiger partial charge in [0.1, 0.15) is 0 Å². The lowest BCUT2D eigenvalue weighted by Gasteiger charge is -2.14. The molecule has 2 unspecified atom stereocenters. The number of nitrogens with zero attached hydrogens (tertiary/aromatic N) is 3. The number of pyridine rings is 1. The fourth-order valence-electron chi connectivity index (χ4n) is 2.49. The van der Waals surface area contributed by atoms with Crippen molar-refractivity contribution < 1.29 is 22.7 Å². The summed E-state index contributed by atoms with van der Waals surface area (Å²) in [5, 5.41) is 10.2. The molecule has 1 fully saturated rings. The number of carbonyl (C=O) groups excluding carboxylic acids is 1. The van der Waals surface area contributed by atoms with Gasteiger partial charge in [0.2, 0.25) is 5.91 Å². The maximum atomic E-state index is 12.9. The Hall–Kier alpha value is -1.81. The van der Waals surface area contributed by atoms with Crippen molar-refractivity contribution in [1.82, 2.24) is 19.9 Å². The van der Waals surface area contributed by atoms with E-state index in [9.17, 15) is 18.0 Å². The monoisotopic (exact) mass is 374 g/mol. The van der Waals surface area contributed by atoms with Crippen LogP contribution in [0.2, 0.25) is 0 Å². The van der Waals surface area contributed by atoms with E-state index in [0.29, 0.717) is 18.8 Å². The Morgan fingerprint density at radius 2 is 2.28 bits per heavy atom. The average Bonchev–Trinajstić information content (AvgIpc) is 3.21.